The molecule has 0 N–H and O–H groups in total. The molecule has 2 aliphatic rings. The van der Waals surface area contributed by atoms with Crippen molar-refractivity contribution in [2.75, 3.05) is 33.3 Å². The van der Waals surface area contributed by atoms with Crippen LogP contribution in [0.3, 0.4) is 0 Å². The summed E-state index contributed by atoms with van der Waals surface area (Å²) in [6.45, 7) is 5.45. The Morgan fingerprint density at radius 3 is 2.70 bits per heavy atom. The van der Waals surface area contributed by atoms with E-state index in [2.05, 4.69) is 34.3 Å². The van der Waals surface area contributed by atoms with E-state index in [1.807, 2.05) is 11.8 Å². The summed E-state index contributed by atoms with van der Waals surface area (Å²) in [6, 6.07) is 9.35. The molecule has 2 heterocycles. The lowest BCUT2D eigenvalue weighted by molar-refractivity contribution is 0.0541. The van der Waals surface area contributed by atoms with Crippen molar-refractivity contribution >= 4 is 5.91 Å². The molecule has 1 atom stereocenters. The molecule has 0 bridgehead atoms. The highest BCUT2D eigenvalue weighted by molar-refractivity contribution is 5.93. The number of carbonyl (C=O) groups is 1. The second-order valence-corrected chi connectivity index (χ2v) is 7.49. The quantitative estimate of drug-likeness (QED) is 0.829. The van der Waals surface area contributed by atoms with Gasteiger partial charge >= 0.3 is 0 Å². The van der Waals surface area contributed by atoms with E-state index in [1.54, 1.807) is 7.11 Å². The monoisotopic (exact) mass is 369 g/mol. The number of nitrogens with zero attached hydrogens (tertiary/aromatic N) is 3. The molecule has 27 heavy (non-hydrogen) atoms. The highest BCUT2D eigenvalue weighted by Crippen LogP contribution is 2.25. The van der Waals surface area contributed by atoms with Crippen LogP contribution in [-0.2, 0) is 24.2 Å². The van der Waals surface area contributed by atoms with Crippen LogP contribution in [0.1, 0.15) is 39.4 Å². The number of aromatic nitrogens is 1. The van der Waals surface area contributed by atoms with Crippen LogP contribution >= 0.6 is 0 Å². The van der Waals surface area contributed by atoms with Crippen LogP contribution in [0.5, 0.6) is 0 Å². The second kappa shape index (κ2) is 7.82. The molecule has 1 aliphatic carbocycles. The van der Waals surface area contributed by atoms with Crippen LogP contribution in [0.4, 0.5) is 0 Å². The highest BCUT2D eigenvalue weighted by atomic mass is 16.5. The zero-order chi connectivity index (χ0) is 18.8. The number of aryl methyl sites for hydroxylation is 2. The average molecular weight is 369 g/mol. The number of hydrogen-bond acceptors (Lipinski definition) is 5. The van der Waals surface area contributed by atoms with E-state index in [-0.39, 0.29) is 5.91 Å². The van der Waals surface area contributed by atoms with Crippen LogP contribution in [0, 0.1) is 6.92 Å². The molecule has 1 amide bonds. The van der Waals surface area contributed by atoms with E-state index in [0.717, 1.165) is 44.6 Å². The van der Waals surface area contributed by atoms with E-state index < -0.39 is 0 Å². The summed E-state index contributed by atoms with van der Waals surface area (Å²) in [7, 11) is 1.61. The van der Waals surface area contributed by atoms with E-state index in [4.69, 9.17) is 9.26 Å². The topological polar surface area (TPSA) is 58.8 Å². The van der Waals surface area contributed by atoms with E-state index in [1.165, 1.54) is 17.5 Å². The molecular weight excluding hydrogens is 342 g/mol. The molecule has 6 heteroatoms. The fourth-order valence-corrected chi connectivity index (χ4v) is 4.30. The van der Waals surface area contributed by atoms with Gasteiger partial charge in [0.25, 0.3) is 5.91 Å². The SMILES string of the molecule is COCc1c(C(=O)N2CCN([C@H]3CCc4ccccc4C3)CC2)noc1C. The first-order chi connectivity index (χ1) is 13.2. The summed E-state index contributed by atoms with van der Waals surface area (Å²) in [5.41, 5.74) is 4.13. The first-order valence-electron chi connectivity index (χ1n) is 9.71. The zero-order valence-corrected chi connectivity index (χ0v) is 16.1. The van der Waals surface area contributed by atoms with Crippen molar-refractivity contribution < 1.29 is 14.1 Å². The molecule has 0 radical (unpaired) electrons. The summed E-state index contributed by atoms with van der Waals surface area (Å²) in [5.74, 6) is 0.604. The van der Waals surface area contributed by atoms with Crippen molar-refractivity contribution in [2.45, 2.75) is 38.8 Å². The molecule has 1 saturated heterocycles. The third kappa shape index (κ3) is 3.64. The Morgan fingerprint density at radius 1 is 1.22 bits per heavy atom. The molecule has 1 fully saturated rings. The fourth-order valence-electron chi connectivity index (χ4n) is 4.30. The van der Waals surface area contributed by atoms with Gasteiger partial charge < -0.3 is 14.2 Å². The number of amides is 1. The van der Waals surface area contributed by atoms with Crippen LogP contribution in [0.15, 0.2) is 28.8 Å². The molecule has 1 aliphatic heterocycles. The maximum atomic E-state index is 12.9. The Bertz CT molecular complexity index is 809. The predicted molar refractivity (Wildman–Crippen MR) is 102 cm³/mol. The molecule has 144 valence electrons. The number of fused-ring (bicyclic) bond motifs is 1. The van der Waals surface area contributed by atoms with Gasteiger partial charge in [-0.05, 0) is 37.3 Å². The first kappa shape index (κ1) is 18.2. The normalized spacial score (nSPS) is 20.5. The maximum absolute atomic E-state index is 12.9. The van der Waals surface area contributed by atoms with Gasteiger partial charge in [-0.15, -0.1) is 0 Å². The predicted octanol–water partition coefficient (Wildman–Crippen LogP) is 2.44. The lowest BCUT2D eigenvalue weighted by Crippen LogP contribution is -2.53. The van der Waals surface area contributed by atoms with Gasteiger partial charge in [-0.2, -0.15) is 0 Å². The Labute approximate surface area is 160 Å². The number of hydrogen-bond donors (Lipinski definition) is 0. The Morgan fingerprint density at radius 2 is 1.96 bits per heavy atom. The standard InChI is InChI=1S/C21H27N3O3/c1-15-19(14-26-2)20(22-27-15)21(25)24-11-9-23(10-12-24)18-8-7-16-5-3-4-6-17(16)13-18/h3-6,18H,7-14H2,1-2H3/t18-/m0/s1. The minimum atomic E-state index is -0.0486. The molecule has 1 aromatic carbocycles. The fraction of sp³-hybridized carbons (Fsp3) is 0.524. The third-order valence-corrected chi connectivity index (χ3v) is 5.91. The molecule has 1 aromatic heterocycles. The average Bonchev–Trinajstić information content (AvgIpc) is 3.08. The first-order valence-corrected chi connectivity index (χ1v) is 9.71. The lowest BCUT2D eigenvalue weighted by atomic mass is 9.87. The van der Waals surface area contributed by atoms with Crippen molar-refractivity contribution in [3.8, 4) is 0 Å². The number of methoxy groups -OCH3 is 1. The van der Waals surface area contributed by atoms with Crippen molar-refractivity contribution in [2.24, 2.45) is 0 Å². The molecule has 0 unspecified atom stereocenters. The van der Waals surface area contributed by atoms with Gasteiger partial charge in [0.05, 0.1) is 12.2 Å². The van der Waals surface area contributed by atoms with Crippen molar-refractivity contribution in [3.05, 3.63) is 52.4 Å². The summed E-state index contributed by atoms with van der Waals surface area (Å²) < 4.78 is 10.4. The van der Waals surface area contributed by atoms with Crippen LogP contribution in [0.2, 0.25) is 0 Å². The van der Waals surface area contributed by atoms with Gasteiger partial charge in [-0.3, -0.25) is 9.69 Å². The summed E-state index contributed by atoms with van der Waals surface area (Å²) in [4.78, 5) is 17.3. The van der Waals surface area contributed by atoms with Crippen LogP contribution in [0.25, 0.3) is 0 Å². The smallest absolute Gasteiger partial charge is 0.276 e. The maximum Gasteiger partial charge on any atom is 0.276 e. The zero-order valence-electron chi connectivity index (χ0n) is 16.1. The number of benzene rings is 1. The van der Waals surface area contributed by atoms with Gasteiger partial charge in [-0.1, -0.05) is 29.4 Å². The lowest BCUT2D eigenvalue weighted by Gasteiger charge is -2.41. The van der Waals surface area contributed by atoms with Gasteiger partial charge in [0.2, 0.25) is 0 Å². The number of ether oxygens (including phenoxy) is 1. The largest absolute Gasteiger partial charge is 0.380 e. The molecule has 0 spiro atoms. The molecule has 2 aromatic rings. The van der Waals surface area contributed by atoms with Crippen molar-refractivity contribution in [1.29, 1.82) is 0 Å². The Hall–Kier alpha value is -2.18. The minimum Gasteiger partial charge on any atom is -0.380 e. The van der Waals surface area contributed by atoms with Crippen molar-refractivity contribution in [1.82, 2.24) is 15.0 Å². The number of piperazine rings is 1. The summed E-state index contributed by atoms with van der Waals surface area (Å²) in [5, 5.41) is 3.98. The highest BCUT2D eigenvalue weighted by Gasteiger charge is 2.31. The molecule has 4 rings (SSSR count). The molecule has 0 saturated carbocycles. The van der Waals surface area contributed by atoms with E-state index >= 15 is 0 Å². The molecular formula is C21H27N3O3. The van der Waals surface area contributed by atoms with E-state index in [9.17, 15) is 4.79 Å². The minimum absolute atomic E-state index is 0.0486. The van der Waals surface area contributed by atoms with Gasteiger partial charge in [0.15, 0.2) is 5.69 Å². The van der Waals surface area contributed by atoms with Gasteiger partial charge in [0.1, 0.15) is 5.76 Å². The van der Waals surface area contributed by atoms with Crippen LogP contribution < -0.4 is 0 Å². The number of carbonyl (C=O) groups excluding carboxylic acids is 1. The summed E-state index contributed by atoms with van der Waals surface area (Å²) in [6.07, 6.45) is 3.47. The van der Waals surface area contributed by atoms with Gasteiger partial charge in [0, 0.05) is 39.3 Å². The molecule has 6 nitrogen and oxygen atoms in total. The van der Waals surface area contributed by atoms with Gasteiger partial charge in [-0.25, -0.2) is 0 Å². The third-order valence-electron chi connectivity index (χ3n) is 5.91. The Kier molecular flexibility index (Phi) is 5.27. The van der Waals surface area contributed by atoms with Crippen LogP contribution in [-0.4, -0.2) is 60.2 Å². The van der Waals surface area contributed by atoms with E-state index in [0.29, 0.717) is 24.1 Å². The summed E-state index contributed by atoms with van der Waals surface area (Å²) >= 11 is 0. The Balaban J connectivity index is 1.37. The number of rotatable bonds is 4. The second-order valence-electron chi connectivity index (χ2n) is 7.49. The van der Waals surface area contributed by atoms with Crippen molar-refractivity contribution in [3.63, 3.8) is 0 Å².